The van der Waals surface area contributed by atoms with Crippen molar-refractivity contribution in [2.75, 3.05) is 27.2 Å². The zero-order valence-corrected chi connectivity index (χ0v) is 12.8. The maximum Gasteiger partial charge on any atom is 0.244 e. The molecule has 1 aliphatic rings. The van der Waals surface area contributed by atoms with Gasteiger partial charge in [-0.05, 0) is 38.6 Å². The summed E-state index contributed by atoms with van der Waals surface area (Å²) < 4.78 is 26.9. The molecule has 20 heavy (non-hydrogen) atoms. The summed E-state index contributed by atoms with van der Waals surface area (Å²) in [5.74, 6) is 0. The Bertz CT molecular complexity index is 561. The van der Waals surface area contributed by atoms with E-state index in [-0.39, 0.29) is 17.5 Å². The molecule has 0 aromatic carbocycles. The van der Waals surface area contributed by atoms with E-state index in [1.165, 1.54) is 4.31 Å². The fourth-order valence-electron chi connectivity index (χ4n) is 2.60. The van der Waals surface area contributed by atoms with Gasteiger partial charge in [0.25, 0.3) is 0 Å². The molecule has 0 saturated carbocycles. The molecule has 0 amide bonds. The zero-order chi connectivity index (χ0) is 14.8. The largest absolute Gasteiger partial charge is 0.325 e. The summed E-state index contributed by atoms with van der Waals surface area (Å²) in [4.78, 5) is 6.45. The summed E-state index contributed by atoms with van der Waals surface area (Å²) >= 11 is 0. The van der Waals surface area contributed by atoms with Gasteiger partial charge in [-0.25, -0.2) is 8.42 Å². The van der Waals surface area contributed by atoms with Crippen LogP contribution in [0.15, 0.2) is 23.2 Å². The van der Waals surface area contributed by atoms with Crippen molar-refractivity contribution in [3.05, 3.63) is 24.0 Å². The SMILES string of the molecule is CN1CCCC(N(C)S(=O)(=O)c2cccnc2CN)C1. The van der Waals surface area contributed by atoms with E-state index in [0.29, 0.717) is 5.69 Å². The number of hydrogen-bond acceptors (Lipinski definition) is 5. The molecule has 1 fully saturated rings. The van der Waals surface area contributed by atoms with E-state index in [1.807, 2.05) is 7.05 Å². The van der Waals surface area contributed by atoms with E-state index in [1.54, 1.807) is 25.4 Å². The van der Waals surface area contributed by atoms with E-state index < -0.39 is 10.0 Å². The van der Waals surface area contributed by atoms with Crippen LogP contribution in [0, 0.1) is 0 Å². The van der Waals surface area contributed by atoms with Gasteiger partial charge < -0.3 is 10.6 Å². The molecule has 0 bridgehead atoms. The van der Waals surface area contributed by atoms with Crippen LogP contribution in [0.5, 0.6) is 0 Å². The first kappa shape index (κ1) is 15.4. The van der Waals surface area contributed by atoms with Crippen molar-refractivity contribution >= 4 is 10.0 Å². The lowest BCUT2D eigenvalue weighted by molar-refractivity contribution is 0.187. The fourth-order valence-corrected chi connectivity index (χ4v) is 4.16. The van der Waals surface area contributed by atoms with Crippen LogP contribution in [-0.4, -0.2) is 55.8 Å². The Morgan fingerprint density at radius 1 is 1.55 bits per heavy atom. The van der Waals surface area contributed by atoms with Gasteiger partial charge in [0.2, 0.25) is 10.0 Å². The second-order valence-corrected chi connectivity index (χ2v) is 7.20. The molecule has 1 saturated heterocycles. The second-order valence-electron chi connectivity index (χ2n) is 5.23. The Morgan fingerprint density at radius 2 is 2.30 bits per heavy atom. The second kappa shape index (κ2) is 6.17. The van der Waals surface area contributed by atoms with Gasteiger partial charge in [0.05, 0.1) is 5.69 Å². The quantitative estimate of drug-likeness (QED) is 0.862. The topological polar surface area (TPSA) is 79.5 Å². The molecule has 1 unspecified atom stereocenters. The van der Waals surface area contributed by atoms with Crippen LogP contribution < -0.4 is 5.73 Å². The molecule has 1 aromatic rings. The number of likely N-dealkylation sites (N-methyl/N-ethyl adjacent to an activating group) is 2. The number of nitrogens with zero attached hydrogens (tertiary/aromatic N) is 3. The number of pyridine rings is 1. The molecule has 2 N–H and O–H groups in total. The summed E-state index contributed by atoms with van der Waals surface area (Å²) in [6.07, 6.45) is 3.46. The average molecular weight is 298 g/mol. The molecule has 0 aliphatic carbocycles. The van der Waals surface area contributed by atoms with Gasteiger partial charge in [0.15, 0.2) is 0 Å². The first-order chi connectivity index (χ1) is 9.46. The normalized spacial score (nSPS) is 21.3. The third-order valence-electron chi connectivity index (χ3n) is 3.81. The van der Waals surface area contributed by atoms with E-state index in [9.17, 15) is 8.42 Å². The monoisotopic (exact) mass is 298 g/mol. The summed E-state index contributed by atoms with van der Waals surface area (Å²) in [6.45, 7) is 1.90. The molecular weight excluding hydrogens is 276 g/mol. The number of rotatable bonds is 4. The van der Waals surface area contributed by atoms with Gasteiger partial charge in [-0.15, -0.1) is 0 Å². The van der Waals surface area contributed by atoms with Crippen LogP contribution in [0.25, 0.3) is 0 Å². The molecule has 0 spiro atoms. The lowest BCUT2D eigenvalue weighted by atomic mass is 10.1. The fraction of sp³-hybridized carbons (Fsp3) is 0.615. The number of sulfonamides is 1. The van der Waals surface area contributed by atoms with Crippen molar-refractivity contribution in [3.8, 4) is 0 Å². The number of likely N-dealkylation sites (tertiary alicyclic amines) is 1. The molecule has 0 radical (unpaired) electrons. The Balaban J connectivity index is 2.29. The lowest BCUT2D eigenvalue weighted by Crippen LogP contribution is -2.47. The van der Waals surface area contributed by atoms with Crippen molar-refractivity contribution in [1.82, 2.24) is 14.2 Å². The van der Waals surface area contributed by atoms with Gasteiger partial charge in [-0.1, -0.05) is 0 Å². The number of hydrogen-bond donors (Lipinski definition) is 1. The minimum absolute atomic E-state index is 0.00424. The van der Waals surface area contributed by atoms with Gasteiger partial charge in [-0.2, -0.15) is 4.31 Å². The predicted octanol–water partition coefficient (Wildman–Crippen LogP) is 0.255. The molecule has 112 valence electrons. The van der Waals surface area contributed by atoms with E-state index >= 15 is 0 Å². The third-order valence-corrected chi connectivity index (χ3v) is 5.80. The van der Waals surface area contributed by atoms with Gasteiger partial charge >= 0.3 is 0 Å². The number of aromatic nitrogens is 1. The van der Waals surface area contributed by atoms with Crippen LogP contribution in [0.1, 0.15) is 18.5 Å². The van der Waals surface area contributed by atoms with E-state index in [4.69, 9.17) is 5.73 Å². The van der Waals surface area contributed by atoms with E-state index in [2.05, 4.69) is 9.88 Å². The predicted molar refractivity (Wildman–Crippen MR) is 77.6 cm³/mol. The Labute approximate surface area is 120 Å². The van der Waals surface area contributed by atoms with Crippen molar-refractivity contribution in [2.24, 2.45) is 5.73 Å². The van der Waals surface area contributed by atoms with Crippen molar-refractivity contribution in [2.45, 2.75) is 30.3 Å². The van der Waals surface area contributed by atoms with E-state index in [0.717, 1.165) is 25.9 Å². The van der Waals surface area contributed by atoms with Crippen LogP contribution in [0.3, 0.4) is 0 Å². The van der Waals surface area contributed by atoms with Crippen molar-refractivity contribution in [1.29, 1.82) is 0 Å². The molecule has 2 rings (SSSR count). The van der Waals surface area contributed by atoms with Crippen molar-refractivity contribution in [3.63, 3.8) is 0 Å². The molecule has 1 aliphatic heterocycles. The standard InChI is InChI=1S/C13H22N4O2S/c1-16-8-4-5-11(10-16)17(2)20(18,19)13-6-3-7-15-12(13)9-14/h3,6-7,11H,4-5,8-10,14H2,1-2H3. The minimum atomic E-state index is -3.54. The molecule has 1 atom stereocenters. The van der Waals surface area contributed by atoms with Gasteiger partial charge in [-0.3, -0.25) is 4.98 Å². The molecular formula is C13H22N4O2S. The highest BCUT2D eigenvalue weighted by Crippen LogP contribution is 2.23. The maximum absolute atomic E-state index is 12.7. The summed E-state index contributed by atoms with van der Waals surface area (Å²) in [6, 6.07) is 3.21. The van der Waals surface area contributed by atoms with Crippen molar-refractivity contribution < 1.29 is 8.42 Å². The summed E-state index contributed by atoms with van der Waals surface area (Å²) in [5, 5.41) is 0. The zero-order valence-electron chi connectivity index (χ0n) is 12.0. The maximum atomic E-state index is 12.7. The first-order valence-corrected chi connectivity index (χ1v) is 8.21. The highest BCUT2D eigenvalue weighted by atomic mass is 32.2. The van der Waals surface area contributed by atoms with Crippen LogP contribution >= 0.6 is 0 Å². The summed E-state index contributed by atoms with van der Waals surface area (Å²) in [5.41, 5.74) is 6.01. The summed E-state index contributed by atoms with van der Waals surface area (Å²) in [7, 11) is 0.121. The van der Waals surface area contributed by atoms with Gasteiger partial charge in [0.1, 0.15) is 4.90 Å². The van der Waals surface area contributed by atoms with Crippen LogP contribution in [0.2, 0.25) is 0 Å². The first-order valence-electron chi connectivity index (χ1n) is 6.77. The average Bonchev–Trinajstić information content (AvgIpc) is 2.46. The lowest BCUT2D eigenvalue weighted by Gasteiger charge is -2.35. The van der Waals surface area contributed by atoms with Gasteiger partial charge in [0, 0.05) is 32.4 Å². The number of nitrogens with two attached hydrogens (primary N) is 1. The highest BCUT2D eigenvalue weighted by molar-refractivity contribution is 7.89. The molecule has 7 heteroatoms. The highest BCUT2D eigenvalue weighted by Gasteiger charge is 2.31. The minimum Gasteiger partial charge on any atom is -0.325 e. The van der Waals surface area contributed by atoms with Crippen LogP contribution in [0.4, 0.5) is 0 Å². The Kier molecular flexibility index (Phi) is 4.74. The third kappa shape index (κ3) is 3.01. The smallest absolute Gasteiger partial charge is 0.244 e. The van der Waals surface area contributed by atoms with Crippen LogP contribution in [-0.2, 0) is 16.6 Å². The molecule has 6 nitrogen and oxygen atoms in total. The molecule has 1 aromatic heterocycles. The molecule has 2 heterocycles. The Morgan fingerprint density at radius 3 is 2.95 bits per heavy atom. The number of piperidine rings is 1. The Hall–Kier alpha value is -1.02.